The molecular formula is C17H13N5OS. The van der Waals surface area contributed by atoms with E-state index < -0.39 is 0 Å². The van der Waals surface area contributed by atoms with Crippen molar-refractivity contribution in [1.82, 2.24) is 20.0 Å². The number of benzene rings is 2. The first kappa shape index (κ1) is 14.5. The van der Waals surface area contributed by atoms with Crippen molar-refractivity contribution in [2.45, 2.75) is 6.92 Å². The quantitative estimate of drug-likeness (QED) is 0.622. The molecule has 4 aromatic rings. The van der Waals surface area contributed by atoms with E-state index in [1.54, 1.807) is 0 Å². The number of carbonyl (C=O) groups excluding carboxylic acids is 1. The van der Waals surface area contributed by atoms with Gasteiger partial charge in [-0.3, -0.25) is 10.1 Å². The SMILES string of the molecule is Cc1ccc2nc(NC(=O)c3cnn(-c4ccccc4)n3)sc2c1. The van der Waals surface area contributed by atoms with E-state index in [4.69, 9.17) is 0 Å². The van der Waals surface area contributed by atoms with E-state index in [-0.39, 0.29) is 11.6 Å². The highest BCUT2D eigenvalue weighted by Crippen LogP contribution is 2.26. The van der Waals surface area contributed by atoms with E-state index in [9.17, 15) is 4.79 Å². The zero-order valence-corrected chi connectivity index (χ0v) is 13.6. The van der Waals surface area contributed by atoms with Crippen LogP contribution in [0.4, 0.5) is 5.13 Å². The second kappa shape index (κ2) is 5.86. The molecule has 7 heteroatoms. The average Bonchev–Trinajstić information content (AvgIpc) is 3.22. The van der Waals surface area contributed by atoms with Crippen molar-refractivity contribution >= 4 is 32.6 Å². The molecule has 0 aliphatic rings. The number of thiazole rings is 1. The van der Waals surface area contributed by atoms with Gasteiger partial charge < -0.3 is 0 Å². The Morgan fingerprint density at radius 1 is 1.17 bits per heavy atom. The summed E-state index contributed by atoms with van der Waals surface area (Å²) in [4.78, 5) is 18.2. The minimum atomic E-state index is -0.326. The maximum atomic E-state index is 12.3. The Hall–Kier alpha value is -3.06. The van der Waals surface area contributed by atoms with E-state index >= 15 is 0 Å². The fraction of sp³-hybridized carbons (Fsp3) is 0.0588. The van der Waals surface area contributed by atoms with Crippen LogP contribution in [0.2, 0.25) is 0 Å². The number of hydrogen-bond donors (Lipinski definition) is 1. The van der Waals surface area contributed by atoms with Gasteiger partial charge in [0, 0.05) is 0 Å². The van der Waals surface area contributed by atoms with Gasteiger partial charge in [0.1, 0.15) is 0 Å². The zero-order chi connectivity index (χ0) is 16.5. The van der Waals surface area contributed by atoms with Gasteiger partial charge in [-0.15, -0.1) is 5.10 Å². The maximum absolute atomic E-state index is 12.3. The van der Waals surface area contributed by atoms with Crippen LogP contribution in [0, 0.1) is 6.92 Å². The first-order chi connectivity index (χ1) is 11.7. The van der Waals surface area contributed by atoms with E-state index in [1.165, 1.54) is 22.3 Å². The number of aromatic nitrogens is 4. The first-order valence-corrected chi connectivity index (χ1v) is 8.17. The molecule has 1 amide bonds. The van der Waals surface area contributed by atoms with Crippen molar-refractivity contribution in [3.05, 3.63) is 66.0 Å². The van der Waals surface area contributed by atoms with Gasteiger partial charge in [-0.1, -0.05) is 35.6 Å². The van der Waals surface area contributed by atoms with Crippen LogP contribution in [0.3, 0.4) is 0 Å². The number of para-hydroxylation sites is 1. The molecule has 2 aromatic heterocycles. The molecule has 0 saturated heterocycles. The summed E-state index contributed by atoms with van der Waals surface area (Å²) in [5.41, 5.74) is 3.07. The highest BCUT2D eigenvalue weighted by atomic mass is 32.1. The lowest BCUT2D eigenvalue weighted by atomic mass is 10.2. The number of nitrogens with one attached hydrogen (secondary N) is 1. The van der Waals surface area contributed by atoms with E-state index in [0.29, 0.717) is 5.13 Å². The van der Waals surface area contributed by atoms with Gasteiger partial charge >= 0.3 is 0 Å². The summed E-state index contributed by atoms with van der Waals surface area (Å²) in [5.74, 6) is -0.326. The molecule has 2 aromatic carbocycles. The predicted molar refractivity (Wildman–Crippen MR) is 93.7 cm³/mol. The maximum Gasteiger partial charge on any atom is 0.279 e. The number of anilines is 1. The molecule has 0 aliphatic carbocycles. The van der Waals surface area contributed by atoms with Crippen LogP contribution in [0.5, 0.6) is 0 Å². The molecule has 1 N–H and O–H groups in total. The molecule has 0 bridgehead atoms. The van der Waals surface area contributed by atoms with E-state index in [2.05, 4.69) is 20.5 Å². The standard InChI is InChI=1S/C17H13N5OS/c1-11-7-8-13-15(9-11)24-17(19-13)20-16(23)14-10-18-22(21-14)12-5-3-2-4-6-12/h2-10H,1H3,(H,19,20,23). The molecule has 4 rings (SSSR count). The van der Waals surface area contributed by atoms with Crippen LogP contribution in [0.15, 0.2) is 54.7 Å². The van der Waals surface area contributed by atoms with Crippen LogP contribution in [0.1, 0.15) is 16.1 Å². The Bertz CT molecular complexity index is 1020. The highest BCUT2D eigenvalue weighted by molar-refractivity contribution is 7.22. The number of amides is 1. The molecule has 0 saturated carbocycles. The number of rotatable bonds is 3. The summed E-state index contributed by atoms with van der Waals surface area (Å²) in [7, 11) is 0. The van der Waals surface area contributed by atoms with Crippen LogP contribution in [-0.2, 0) is 0 Å². The Kier molecular flexibility index (Phi) is 3.55. The average molecular weight is 335 g/mol. The second-order valence-corrected chi connectivity index (χ2v) is 6.33. The summed E-state index contributed by atoms with van der Waals surface area (Å²) in [6, 6.07) is 15.4. The topological polar surface area (TPSA) is 72.7 Å². The van der Waals surface area contributed by atoms with Crippen molar-refractivity contribution in [3.63, 3.8) is 0 Å². The van der Waals surface area contributed by atoms with Gasteiger partial charge in [0.2, 0.25) is 0 Å². The lowest BCUT2D eigenvalue weighted by molar-refractivity contribution is 0.102. The molecule has 0 radical (unpaired) electrons. The van der Waals surface area contributed by atoms with Crippen molar-refractivity contribution in [1.29, 1.82) is 0 Å². The molecule has 0 aliphatic heterocycles. The third-order valence-corrected chi connectivity index (χ3v) is 4.41. The van der Waals surface area contributed by atoms with Crippen molar-refractivity contribution in [3.8, 4) is 5.69 Å². The van der Waals surface area contributed by atoms with Crippen molar-refractivity contribution < 1.29 is 4.79 Å². The smallest absolute Gasteiger partial charge is 0.279 e. The third kappa shape index (κ3) is 2.77. The summed E-state index contributed by atoms with van der Waals surface area (Å²) in [5, 5.41) is 11.7. The molecule has 2 heterocycles. The van der Waals surface area contributed by atoms with Crippen molar-refractivity contribution in [2.75, 3.05) is 5.32 Å². The van der Waals surface area contributed by atoms with Gasteiger partial charge in [0.15, 0.2) is 10.8 Å². The lowest BCUT2D eigenvalue weighted by Crippen LogP contribution is -2.13. The van der Waals surface area contributed by atoms with Gasteiger partial charge in [0.25, 0.3) is 5.91 Å². The molecule has 24 heavy (non-hydrogen) atoms. The zero-order valence-electron chi connectivity index (χ0n) is 12.8. The monoisotopic (exact) mass is 335 g/mol. The van der Waals surface area contributed by atoms with Crippen LogP contribution in [-0.4, -0.2) is 25.9 Å². The number of fused-ring (bicyclic) bond motifs is 1. The van der Waals surface area contributed by atoms with Gasteiger partial charge in [-0.25, -0.2) is 4.98 Å². The van der Waals surface area contributed by atoms with Crippen LogP contribution >= 0.6 is 11.3 Å². The second-order valence-electron chi connectivity index (χ2n) is 5.30. The summed E-state index contributed by atoms with van der Waals surface area (Å²) in [6.45, 7) is 2.03. The van der Waals surface area contributed by atoms with E-state index in [0.717, 1.165) is 21.5 Å². The number of nitrogens with zero attached hydrogens (tertiary/aromatic N) is 4. The minimum Gasteiger partial charge on any atom is -0.296 e. The predicted octanol–water partition coefficient (Wildman–Crippen LogP) is 3.44. The molecule has 0 unspecified atom stereocenters. The first-order valence-electron chi connectivity index (χ1n) is 7.35. The van der Waals surface area contributed by atoms with Gasteiger partial charge in [0.05, 0.1) is 22.1 Å². The van der Waals surface area contributed by atoms with Gasteiger partial charge in [-0.05, 0) is 36.8 Å². The normalized spacial score (nSPS) is 10.9. The Morgan fingerprint density at radius 3 is 2.83 bits per heavy atom. The molecule has 0 fully saturated rings. The fourth-order valence-electron chi connectivity index (χ4n) is 2.30. The lowest BCUT2D eigenvalue weighted by Gasteiger charge is -1.98. The Balaban J connectivity index is 1.56. The summed E-state index contributed by atoms with van der Waals surface area (Å²) < 4.78 is 1.04. The number of aryl methyl sites for hydroxylation is 1. The summed E-state index contributed by atoms with van der Waals surface area (Å²) >= 11 is 1.44. The molecule has 6 nitrogen and oxygen atoms in total. The Morgan fingerprint density at radius 2 is 2.00 bits per heavy atom. The molecule has 118 valence electrons. The summed E-state index contributed by atoms with van der Waals surface area (Å²) in [6.07, 6.45) is 1.44. The van der Waals surface area contributed by atoms with E-state index in [1.807, 2.05) is 55.5 Å². The Labute approximate surface area is 141 Å². The minimum absolute atomic E-state index is 0.245. The van der Waals surface area contributed by atoms with Crippen LogP contribution < -0.4 is 5.32 Å². The third-order valence-electron chi connectivity index (χ3n) is 3.48. The molecular weight excluding hydrogens is 322 g/mol. The van der Waals surface area contributed by atoms with Gasteiger partial charge in [-0.2, -0.15) is 9.90 Å². The largest absolute Gasteiger partial charge is 0.296 e. The number of hydrogen-bond acceptors (Lipinski definition) is 5. The van der Waals surface area contributed by atoms with Crippen molar-refractivity contribution in [2.24, 2.45) is 0 Å². The number of carbonyl (C=O) groups is 1. The fourth-order valence-corrected chi connectivity index (χ4v) is 3.26. The molecule has 0 atom stereocenters. The molecule has 0 spiro atoms. The highest BCUT2D eigenvalue weighted by Gasteiger charge is 2.14. The van der Waals surface area contributed by atoms with Crippen LogP contribution in [0.25, 0.3) is 15.9 Å².